The first-order valence-corrected chi connectivity index (χ1v) is 41.1. The SMILES string of the molecule is CC(C)(C)[Si](Oc1cc(COc2cc(CO)cc(OCc3cc(O[Si](c4ccccc4)(c4ccccc4)C(C)(C)C)cc(O[Si](c4ccccc4)(c4ccccc4)C(C)(C)C)c3)c2)cc(O[Si](c2ccccc2)(c2ccccc2)C(C)(C)C)c1)(c1ccccc1)c1ccccc1. The summed E-state index contributed by atoms with van der Waals surface area (Å²) in [5.74, 6) is 3.81. The molecule has 11 aromatic carbocycles. The van der Waals surface area contributed by atoms with E-state index in [9.17, 15) is 5.11 Å². The van der Waals surface area contributed by atoms with Crippen LogP contribution in [0.5, 0.6) is 34.5 Å². The third-order valence-electron chi connectivity index (χ3n) is 18.6. The van der Waals surface area contributed by atoms with Gasteiger partial charge in [0.1, 0.15) is 47.7 Å². The lowest BCUT2D eigenvalue weighted by Crippen LogP contribution is -2.69. The molecule has 0 radical (unpaired) electrons. The summed E-state index contributed by atoms with van der Waals surface area (Å²) in [6.07, 6.45) is 0. The monoisotopic (exact) mass is 1340 g/mol. The van der Waals surface area contributed by atoms with Crippen LogP contribution in [0.2, 0.25) is 20.2 Å². The highest BCUT2D eigenvalue weighted by Crippen LogP contribution is 2.44. The predicted molar refractivity (Wildman–Crippen MR) is 407 cm³/mol. The summed E-state index contributed by atoms with van der Waals surface area (Å²) < 4.78 is 45.3. The van der Waals surface area contributed by atoms with E-state index in [1.54, 1.807) is 0 Å². The van der Waals surface area contributed by atoms with Crippen LogP contribution in [0.1, 0.15) is 99.8 Å². The van der Waals surface area contributed by atoms with Crippen LogP contribution in [0.4, 0.5) is 0 Å². The summed E-state index contributed by atoms with van der Waals surface area (Å²) in [5.41, 5.74) is 2.34. The minimum Gasteiger partial charge on any atom is -0.534 e. The van der Waals surface area contributed by atoms with E-state index in [4.69, 9.17) is 27.2 Å². The summed E-state index contributed by atoms with van der Waals surface area (Å²) in [5, 5.41) is 19.0. The summed E-state index contributed by atoms with van der Waals surface area (Å²) in [6, 6.07) is 104. The molecule has 0 atom stereocenters. The van der Waals surface area contributed by atoms with Crippen LogP contribution in [0.25, 0.3) is 0 Å². The smallest absolute Gasteiger partial charge is 0.319 e. The van der Waals surface area contributed by atoms with Gasteiger partial charge in [-0.2, -0.15) is 0 Å². The molecule has 11 heteroatoms. The Kier molecular flexibility index (Phi) is 20.2. The zero-order valence-corrected chi connectivity index (χ0v) is 61.8. The van der Waals surface area contributed by atoms with Crippen LogP contribution in [-0.4, -0.2) is 38.4 Å². The Labute approximate surface area is 574 Å². The van der Waals surface area contributed by atoms with Crippen molar-refractivity contribution in [2.45, 2.75) is 123 Å². The van der Waals surface area contributed by atoms with Crippen molar-refractivity contribution >= 4 is 74.8 Å². The van der Waals surface area contributed by atoms with Gasteiger partial charge in [-0.3, -0.25) is 0 Å². The van der Waals surface area contributed by atoms with Crippen molar-refractivity contribution in [1.82, 2.24) is 0 Å². The first-order valence-electron chi connectivity index (χ1n) is 33.5. The molecule has 0 bridgehead atoms. The molecule has 0 heterocycles. The van der Waals surface area contributed by atoms with E-state index < -0.39 is 33.3 Å². The second kappa shape index (κ2) is 28.4. The maximum absolute atomic E-state index is 11.0. The van der Waals surface area contributed by atoms with Gasteiger partial charge in [-0.15, -0.1) is 0 Å². The van der Waals surface area contributed by atoms with Crippen molar-refractivity contribution in [1.29, 1.82) is 0 Å². The van der Waals surface area contributed by atoms with Gasteiger partial charge >= 0.3 is 33.3 Å². The Morgan fingerprint density at radius 1 is 0.229 bits per heavy atom. The normalized spacial score (nSPS) is 12.6. The standard InChI is InChI=1S/C85H92O7Si4/c1-82(2,3)93(74-37-21-13-22-38-74,75-39-23-14-24-40-75)89-70-55-66(56-71(60-70)90-94(83(4,5)6,76-41-25-15-26-42-76)77-43-27-16-28-44-77)63-87-68-53-65(62-86)54-69(59-68)88-64-67-57-72(91-95(84(7,8)9,78-45-29-17-30-46-78)79-47-31-18-32-48-79)61-73(58-67)92-96(85(10,11)12,80-49-33-19-34-50-80)81-51-35-20-36-52-81/h13-61,86H,62-64H2,1-12H3. The van der Waals surface area contributed by atoms with Gasteiger partial charge in [0.05, 0.1) is 6.61 Å². The molecule has 0 fully saturated rings. The van der Waals surface area contributed by atoms with Crippen LogP contribution in [0.15, 0.2) is 297 Å². The Hall–Kier alpha value is -8.95. The largest absolute Gasteiger partial charge is 0.534 e. The van der Waals surface area contributed by atoms with Crippen molar-refractivity contribution in [3.63, 3.8) is 0 Å². The third kappa shape index (κ3) is 14.0. The maximum atomic E-state index is 11.0. The zero-order valence-electron chi connectivity index (χ0n) is 57.8. The van der Waals surface area contributed by atoms with Crippen LogP contribution in [0.3, 0.4) is 0 Å². The van der Waals surface area contributed by atoms with Crippen molar-refractivity contribution in [3.8, 4) is 34.5 Å². The molecule has 11 rings (SSSR count). The third-order valence-corrected chi connectivity index (χ3v) is 38.4. The van der Waals surface area contributed by atoms with Crippen molar-refractivity contribution in [2.24, 2.45) is 0 Å². The number of aliphatic hydroxyl groups excluding tert-OH is 1. The van der Waals surface area contributed by atoms with Gasteiger partial charge < -0.3 is 32.3 Å². The summed E-state index contributed by atoms with van der Waals surface area (Å²) in [7, 11) is -12.6. The van der Waals surface area contributed by atoms with Crippen LogP contribution < -0.4 is 68.7 Å². The van der Waals surface area contributed by atoms with E-state index >= 15 is 0 Å². The highest BCUT2D eigenvalue weighted by Gasteiger charge is 2.56. The first-order chi connectivity index (χ1) is 46.0. The first kappa shape index (κ1) is 68.4. The lowest BCUT2D eigenvalue weighted by molar-refractivity contribution is 0.270. The van der Waals surface area contributed by atoms with Gasteiger partial charge in [-0.1, -0.05) is 326 Å². The Morgan fingerprint density at radius 2 is 0.396 bits per heavy atom. The number of benzene rings is 11. The molecule has 1 N–H and O–H groups in total. The van der Waals surface area contributed by atoms with Gasteiger partial charge in [0.25, 0.3) is 0 Å². The van der Waals surface area contributed by atoms with E-state index in [2.05, 4.69) is 362 Å². The Bertz CT molecular complexity index is 3630. The van der Waals surface area contributed by atoms with Gasteiger partial charge in [-0.05, 0) is 115 Å². The van der Waals surface area contributed by atoms with E-state index in [0.29, 0.717) is 40.1 Å². The summed E-state index contributed by atoms with van der Waals surface area (Å²) in [4.78, 5) is 0. The number of hydrogen-bond acceptors (Lipinski definition) is 7. The zero-order chi connectivity index (χ0) is 67.8. The lowest BCUT2D eigenvalue weighted by atomic mass is 10.2. The molecule has 0 amide bonds. The maximum Gasteiger partial charge on any atom is 0.319 e. The van der Waals surface area contributed by atoms with E-state index in [1.807, 2.05) is 18.2 Å². The number of rotatable bonds is 23. The van der Waals surface area contributed by atoms with Gasteiger partial charge in [0, 0.05) is 18.2 Å². The number of aliphatic hydroxyl groups is 1. The Balaban J connectivity index is 1.00. The molecule has 0 saturated heterocycles. The Morgan fingerprint density at radius 3 is 0.562 bits per heavy atom. The highest BCUT2D eigenvalue weighted by molar-refractivity contribution is 7.02. The van der Waals surface area contributed by atoms with Crippen molar-refractivity contribution in [2.75, 3.05) is 0 Å². The molecule has 0 spiro atoms. The quantitative estimate of drug-likeness (QED) is 0.0640. The van der Waals surface area contributed by atoms with Crippen LogP contribution in [0, 0.1) is 0 Å². The molecule has 7 nitrogen and oxygen atoms in total. The number of ether oxygens (including phenoxy) is 2. The average molecular weight is 1340 g/mol. The fraction of sp³-hybridized carbons (Fsp3) is 0.224. The minimum absolute atomic E-state index is 0.147. The molecule has 0 aliphatic carbocycles. The molecule has 0 aromatic heterocycles. The van der Waals surface area contributed by atoms with Gasteiger partial charge in [0.2, 0.25) is 0 Å². The van der Waals surface area contributed by atoms with Gasteiger partial charge in [0.15, 0.2) is 0 Å². The highest BCUT2D eigenvalue weighted by atomic mass is 28.4. The molecule has 96 heavy (non-hydrogen) atoms. The molecule has 11 aromatic rings. The summed E-state index contributed by atoms with van der Waals surface area (Å²) in [6.45, 7) is 27.6. The summed E-state index contributed by atoms with van der Waals surface area (Å²) >= 11 is 0. The second-order valence-corrected chi connectivity index (χ2v) is 46.1. The van der Waals surface area contributed by atoms with E-state index in [1.165, 1.54) is 0 Å². The van der Waals surface area contributed by atoms with Gasteiger partial charge in [-0.25, -0.2) is 0 Å². The molecule has 0 aliphatic rings. The minimum atomic E-state index is -3.16. The van der Waals surface area contributed by atoms with Crippen LogP contribution >= 0.6 is 0 Å². The molecule has 0 aliphatic heterocycles. The molecule has 0 unspecified atom stereocenters. The van der Waals surface area contributed by atoms with E-state index in [0.717, 1.165) is 52.6 Å². The lowest BCUT2D eigenvalue weighted by Gasteiger charge is -2.44. The predicted octanol–water partition coefficient (Wildman–Crippen LogP) is 16.1. The van der Waals surface area contributed by atoms with E-state index in [-0.39, 0.29) is 40.0 Å². The van der Waals surface area contributed by atoms with Crippen molar-refractivity contribution in [3.05, 3.63) is 314 Å². The van der Waals surface area contributed by atoms with Crippen LogP contribution in [-0.2, 0) is 19.8 Å². The number of hydrogen-bond donors (Lipinski definition) is 1. The molecule has 0 saturated carbocycles. The molecule has 490 valence electrons. The molecular formula is C85H92O7Si4. The fourth-order valence-electron chi connectivity index (χ4n) is 14.2. The van der Waals surface area contributed by atoms with Crippen molar-refractivity contribution < 1.29 is 32.3 Å². The fourth-order valence-corrected chi connectivity index (χ4v) is 31.8. The molecular weight excluding hydrogens is 1250 g/mol. The average Bonchev–Trinajstić information content (AvgIpc) is 0.758. The second-order valence-electron chi connectivity index (χ2n) is 29.2. The topological polar surface area (TPSA) is 75.6 Å².